The molecule has 2 aromatic carbocycles. The zero-order chi connectivity index (χ0) is 14.2. The Bertz CT molecular complexity index is 668. The van der Waals surface area contributed by atoms with Gasteiger partial charge in [0.05, 0.1) is 0 Å². The number of benzene rings is 2. The van der Waals surface area contributed by atoms with Gasteiger partial charge in [-0.15, -0.1) is 0 Å². The molecule has 2 aliphatic heterocycles. The molecule has 1 saturated heterocycles. The molecular formula is C18H18N2O. The van der Waals surface area contributed by atoms with Gasteiger partial charge in [0, 0.05) is 25.6 Å². The monoisotopic (exact) mass is 278 g/mol. The lowest BCUT2D eigenvalue weighted by molar-refractivity contribution is -0.129. The molecule has 0 bridgehead atoms. The third-order valence-electron chi connectivity index (χ3n) is 4.60. The van der Waals surface area contributed by atoms with Crippen molar-refractivity contribution in [1.82, 2.24) is 10.2 Å². The van der Waals surface area contributed by atoms with Gasteiger partial charge in [-0.1, -0.05) is 54.6 Å². The van der Waals surface area contributed by atoms with Crippen molar-refractivity contribution in [1.29, 1.82) is 0 Å². The van der Waals surface area contributed by atoms with Crippen LogP contribution in [0.3, 0.4) is 0 Å². The lowest BCUT2D eigenvalue weighted by Gasteiger charge is -2.43. The van der Waals surface area contributed by atoms with Gasteiger partial charge in [-0.2, -0.15) is 0 Å². The second-order valence-corrected chi connectivity index (χ2v) is 5.78. The van der Waals surface area contributed by atoms with Crippen LogP contribution >= 0.6 is 0 Å². The van der Waals surface area contributed by atoms with E-state index in [0.29, 0.717) is 5.92 Å². The van der Waals surface area contributed by atoms with Crippen molar-refractivity contribution in [3.8, 4) is 0 Å². The highest BCUT2D eigenvalue weighted by molar-refractivity contribution is 5.85. The fourth-order valence-electron chi connectivity index (χ4n) is 3.63. The van der Waals surface area contributed by atoms with Crippen molar-refractivity contribution >= 4 is 5.91 Å². The first kappa shape index (κ1) is 12.6. The summed E-state index contributed by atoms with van der Waals surface area (Å²) in [5.74, 6) is 0.491. The van der Waals surface area contributed by atoms with Crippen LogP contribution in [-0.4, -0.2) is 30.4 Å². The lowest BCUT2D eigenvalue weighted by Crippen LogP contribution is -2.53. The minimum Gasteiger partial charge on any atom is -0.353 e. The quantitative estimate of drug-likeness (QED) is 0.868. The van der Waals surface area contributed by atoms with Gasteiger partial charge in [0.25, 0.3) is 0 Å². The molecule has 1 N–H and O–H groups in total. The average Bonchev–Trinajstić information content (AvgIpc) is 2.55. The number of carbonyl (C=O) groups is 1. The summed E-state index contributed by atoms with van der Waals surface area (Å²) in [6.45, 7) is 2.59. The molecule has 2 aromatic rings. The van der Waals surface area contributed by atoms with Crippen LogP contribution in [0.2, 0.25) is 0 Å². The minimum absolute atomic E-state index is 0.116. The van der Waals surface area contributed by atoms with Gasteiger partial charge in [0.2, 0.25) is 5.91 Å². The van der Waals surface area contributed by atoms with Crippen LogP contribution in [0.4, 0.5) is 0 Å². The van der Waals surface area contributed by atoms with Gasteiger partial charge in [-0.25, -0.2) is 0 Å². The topological polar surface area (TPSA) is 32.3 Å². The zero-order valence-electron chi connectivity index (χ0n) is 11.8. The fourth-order valence-corrected chi connectivity index (χ4v) is 3.63. The Hall–Kier alpha value is -2.13. The van der Waals surface area contributed by atoms with E-state index in [-0.39, 0.29) is 11.9 Å². The molecule has 0 radical (unpaired) electrons. The van der Waals surface area contributed by atoms with Gasteiger partial charge in [0.15, 0.2) is 0 Å². The maximum atomic E-state index is 12.3. The second kappa shape index (κ2) is 5.01. The first-order valence-corrected chi connectivity index (χ1v) is 7.50. The molecule has 2 heterocycles. The van der Waals surface area contributed by atoms with Crippen LogP contribution in [-0.2, 0) is 4.79 Å². The number of nitrogens with zero attached hydrogens (tertiary/aromatic N) is 1. The molecule has 4 rings (SSSR count). The van der Waals surface area contributed by atoms with E-state index in [4.69, 9.17) is 0 Å². The molecular weight excluding hydrogens is 260 g/mol. The number of fused-ring (bicyclic) bond motifs is 3. The number of hydrogen-bond donors (Lipinski definition) is 1. The predicted octanol–water partition coefficient (Wildman–Crippen LogP) is 2.30. The Kier molecular flexibility index (Phi) is 3.00. The summed E-state index contributed by atoms with van der Waals surface area (Å²) in [4.78, 5) is 14.6. The fraction of sp³-hybridized carbons (Fsp3) is 0.278. The number of nitrogens with one attached hydrogen (secondary N) is 1. The Morgan fingerprint density at radius 3 is 2.48 bits per heavy atom. The molecule has 3 heteroatoms. The Labute approximate surface area is 124 Å². The number of hydrogen-bond acceptors (Lipinski definition) is 2. The van der Waals surface area contributed by atoms with E-state index in [1.807, 2.05) is 6.07 Å². The Morgan fingerprint density at radius 1 is 0.952 bits per heavy atom. The minimum atomic E-state index is -0.116. The van der Waals surface area contributed by atoms with Gasteiger partial charge in [-0.3, -0.25) is 9.69 Å². The van der Waals surface area contributed by atoms with Gasteiger partial charge >= 0.3 is 0 Å². The van der Waals surface area contributed by atoms with Crippen LogP contribution in [0, 0.1) is 0 Å². The normalized spacial score (nSPS) is 24.9. The molecule has 0 unspecified atom stereocenters. The molecule has 0 aromatic heterocycles. The van der Waals surface area contributed by atoms with Crippen LogP contribution < -0.4 is 5.32 Å². The zero-order valence-corrected chi connectivity index (χ0v) is 11.8. The molecule has 3 nitrogen and oxygen atoms in total. The molecule has 1 fully saturated rings. The summed E-state index contributed by atoms with van der Waals surface area (Å²) in [5, 5.41) is 3.00. The Balaban J connectivity index is 1.84. The lowest BCUT2D eigenvalue weighted by atomic mass is 9.80. The number of piperazine rings is 1. The van der Waals surface area contributed by atoms with E-state index in [1.165, 1.54) is 11.1 Å². The third kappa shape index (κ3) is 2.05. The SMILES string of the molecule is O=C1NCCN2C[C@H](c3ccccc3)c3ccccc3[C@@H]12. The van der Waals surface area contributed by atoms with Crippen molar-refractivity contribution in [2.45, 2.75) is 12.0 Å². The van der Waals surface area contributed by atoms with E-state index in [0.717, 1.165) is 25.2 Å². The van der Waals surface area contributed by atoms with Crippen LogP contribution in [0.25, 0.3) is 0 Å². The molecule has 106 valence electrons. The predicted molar refractivity (Wildman–Crippen MR) is 82.1 cm³/mol. The molecule has 0 spiro atoms. The van der Waals surface area contributed by atoms with E-state index in [9.17, 15) is 4.79 Å². The van der Waals surface area contributed by atoms with Crippen molar-refractivity contribution in [3.63, 3.8) is 0 Å². The highest BCUT2D eigenvalue weighted by Crippen LogP contribution is 2.39. The first-order valence-electron chi connectivity index (χ1n) is 7.50. The molecule has 0 aliphatic carbocycles. The molecule has 0 saturated carbocycles. The van der Waals surface area contributed by atoms with E-state index in [1.54, 1.807) is 0 Å². The number of carbonyl (C=O) groups excluding carboxylic acids is 1. The van der Waals surface area contributed by atoms with Crippen molar-refractivity contribution < 1.29 is 4.79 Å². The Morgan fingerprint density at radius 2 is 1.67 bits per heavy atom. The average molecular weight is 278 g/mol. The summed E-state index contributed by atoms with van der Waals surface area (Å²) in [5.41, 5.74) is 3.78. The van der Waals surface area contributed by atoms with E-state index < -0.39 is 0 Å². The maximum absolute atomic E-state index is 12.3. The van der Waals surface area contributed by atoms with Crippen molar-refractivity contribution in [2.75, 3.05) is 19.6 Å². The third-order valence-corrected chi connectivity index (χ3v) is 4.60. The molecule has 2 atom stereocenters. The molecule has 2 aliphatic rings. The highest BCUT2D eigenvalue weighted by Gasteiger charge is 2.39. The van der Waals surface area contributed by atoms with Crippen LogP contribution in [0.5, 0.6) is 0 Å². The van der Waals surface area contributed by atoms with Gasteiger partial charge < -0.3 is 5.32 Å². The molecule has 21 heavy (non-hydrogen) atoms. The van der Waals surface area contributed by atoms with Crippen molar-refractivity contribution in [3.05, 3.63) is 71.3 Å². The van der Waals surface area contributed by atoms with E-state index >= 15 is 0 Å². The first-order chi connectivity index (χ1) is 10.3. The summed E-state index contributed by atoms with van der Waals surface area (Å²) in [6.07, 6.45) is 0. The van der Waals surface area contributed by atoms with Gasteiger partial charge in [0.1, 0.15) is 6.04 Å². The summed E-state index contributed by atoms with van der Waals surface area (Å²) in [6, 6.07) is 18.9. The van der Waals surface area contributed by atoms with E-state index in [2.05, 4.69) is 58.7 Å². The van der Waals surface area contributed by atoms with Crippen LogP contribution in [0.15, 0.2) is 54.6 Å². The summed E-state index contributed by atoms with van der Waals surface area (Å²) in [7, 11) is 0. The smallest absolute Gasteiger partial charge is 0.242 e. The molecule has 1 amide bonds. The largest absolute Gasteiger partial charge is 0.353 e. The van der Waals surface area contributed by atoms with Crippen LogP contribution in [0.1, 0.15) is 28.7 Å². The highest BCUT2D eigenvalue weighted by atomic mass is 16.2. The number of amides is 1. The summed E-state index contributed by atoms with van der Waals surface area (Å²) >= 11 is 0. The number of rotatable bonds is 1. The van der Waals surface area contributed by atoms with Crippen molar-refractivity contribution in [2.24, 2.45) is 0 Å². The maximum Gasteiger partial charge on any atom is 0.242 e. The summed E-state index contributed by atoms with van der Waals surface area (Å²) < 4.78 is 0. The second-order valence-electron chi connectivity index (χ2n) is 5.78. The van der Waals surface area contributed by atoms with Gasteiger partial charge in [-0.05, 0) is 16.7 Å². The standard InChI is InChI=1S/C18H18N2O/c21-18-17-15-9-5-4-8-14(15)16(12-20(17)11-10-19-18)13-6-2-1-3-7-13/h1-9,16-17H,10-12H2,(H,19,21)/t16-,17+/m1/s1.